The number of methoxy groups -OCH3 is 1. The quantitative estimate of drug-likeness (QED) is 0.499. The summed E-state index contributed by atoms with van der Waals surface area (Å²) in [4.78, 5) is 11.4. The summed E-state index contributed by atoms with van der Waals surface area (Å²) in [5.74, 6) is 5.17. The topological polar surface area (TPSA) is 64.3 Å². The summed E-state index contributed by atoms with van der Waals surface area (Å²) in [7, 11) is 1.57. The van der Waals surface area contributed by atoms with E-state index in [9.17, 15) is 4.79 Å². The van der Waals surface area contributed by atoms with Crippen LogP contribution in [0.15, 0.2) is 22.7 Å². The van der Waals surface area contributed by atoms with Gasteiger partial charge in [0.25, 0.3) is 0 Å². The zero-order chi connectivity index (χ0) is 11.4. The van der Waals surface area contributed by atoms with Crippen molar-refractivity contribution in [2.75, 3.05) is 7.11 Å². The van der Waals surface area contributed by atoms with Crippen LogP contribution in [0.3, 0.4) is 0 Å². The van der Waals surface area contributed by atoms with E-state index in [-0.39, 0.29) is 11.8 Å². The van der Waals surface area contributed by atoms with Crippen LogP contribution in [0.4, 0.5) is 0 Å². The molecule has 4 nitrogen and oxygen atoms in total. The molecule has 1 atom stereocenters. The molecule has 0 saturated carbocycles. The SMILES string of the molecule is COc1ccc(Br)cc1C(C)C(=O)NN. The standard InChI is InChI=1S/C10H13BrN2O2/c1-6(10(14)13-12)8-5-7(11)3-4-9(8)15-2/h3-6H,12H2,1-2H3,(H,13,14). The normalized spacial score (nSPS) is 12.0. The van der Waals surface area contributed by atoms with Crippen molar-refractivity contribution in [2.45, 2.75) is 12.8 Å². The lowest BCUT2D eigenvalue weighted by Crippen LogP contribution is -2.33. The molecule has 0 heterocycles. The van der Waals surface area contributed by atoms with Gasteiger partial charge in [-0.25, -0.2) is 5.84 Å². The van der Waals surface area contributed by atoms with Crippen LogP contribution in [-0.2, 0) is 4.79 Å². The molecule has 0 spiro atoms. The molecular formula is C10H13BrN2O2. The summed E-state index contributed by atoms with van der Waals surface area (Å²) in [6, 6.07) is 5.51. The lowest BCUT2D eigenvalue weighted by molar-refractivity contribution is -0.122. The molecular weight excluding hydrogens is 260 g/mol. The van der Waals surface area contributed by atoms with Crippen LogP contribution in [-0.4, -0.2) is 13.0 Å². The molecule has 5 heteroatoms. The lowest BCUT2D eigenvalue weighted by Gasteiger charge is -2.14. The number of rotatable bonds is 3. The highest BCUT2D eigenvalue weighted by molar-refractivity contribution is 9.10. The number of carbonyl (C=O) groups is 1. The van der Waals surface area contributed by atoms with Crippen molar-refractivity contribution in [3.8, 4) is 5.75 Å². The summed E-state index contributed by atoms with van der Waals surface area (Å²) in [5, 5.41) is 0. The maximum Gasteiger partial charge on any atom is 0.241 e. The fraction of sp³-hybridized carbons (Fsp3) is 0.300. The molecule has 15 heavy (non-hydrogen) atoms. The number of hydrogen-bond donors (Lipinski definition) is 2. The summed E-state index contributed by atoms with van der Waals surface area (Å²) in [6.45, 7) is 1.77. The third-order valence-corrected chi connectivity index (χ3v) is 2.69. The number of carbonyl (C=O) groups excluding carboxylic acids is 1. The molecule has 3 N–H and O–H groups in total. The summed E-state index contributed by atoms with van der Waals surface area (Å²) >= 11 is 3.35. The van der Waals surface area contributed by atoms with E-state index < -0.39 is 0 Å². The molecule has 0 aliphatic rings. The molecule has 0 bridgehead atoms. The number of hydrogen-bond acceptors (Lipinski definition) is 3. The Labute approximate surface area is 96.9 Å². The van der Waals surface area contributed by atoms with Crippen LogP contribution in [0, 0.1) is 0 Å². The van der Waals surface area contributed by atoms with E-state index in [2.05, 4.69) is 21.4 Å². The number of hydrazine groups is 1. The smallest absolute Gasteiger partial charge is 0.241 e. The van der Waals surface area contributed by atoms with E-state index >= 15 is 0 Å². The van der Waals surface area contributed by atoms with Gasteiger partial charge in [0.05, 0.1) is 13.0 Å². The Morgan fingerprint density at radius 2 is 2.27 bits per heavy atom. The molecule has 1 unspecified atom stereocenters. The first-order valence-corrected chi connectivity index (χ1v) is 5.23. The maximum absolute atomic E-state index is 11.4. The molecule has 1 aromatic carbocycles. The van der Waals surface area contributed by atoms with Gasteiger partial charge in [-0.15, -0.1) is 0 Å². The van der Waals surface area contributed by atoms with E-state index in [0.717, 1.165) is 10.0 Å². The van der Waals surface area contributed by atoms with Crippen LogP contribution in [0.1, 0.15) is 18.4 Å². The largest absolute Gasteiger partial charge is 0.496 e. The number of amides is 1. The number of halogens is 1. The molecule has 1 rings (SSSR count). The van der Waals surface area contributed by atoms with Gasteiger partial charge in [0.15, 0.2) is 0 Å². The lowest BCUT2D eigenvalue weighted by atomic mass is 9.99. The highest BCUT2D eigenvalue weighted by Crippen LogP contribution is 2.29. The molecule has 0 saturated heterocycles. The van der Waals surface area contributed by atoms with Gasteiger partial charge in [-0.1, -0.05) is 15.9 Å². The van der Waals surface area contributed by atoms with Gasteiger partial charge >= 0.3 is 0 Å². The summed E-state index contributed by atoms with van der Waals surface area (Å²) in [5.41, 5.74) is 2.92. The molecule has 1 amide bonds. The predicted molar refractivity (Wildman–Crippen MR) is 61.4 cm³/mol. The van der Waals surface area contributed by atoms with E-state index in [0.29, 0.717) is 5.75 Å². The number of nitrogens with two attached hydrogens (primary N) is 1. The zero-order valence-electron chi connectivity index (χ0n) is 8.58. The highest BCUT2D eigenvalue weighted by atomic mass is 79.9. The Morgan fingerprint density at radius 1 is 1.60 bits per heavy atom. The van der Waals surface area contributed by atoms with Crippen molar-refractivity contribution in [3.05, 3.63) is 28.2 Å². The van der Waals surface area contributed by atoms with Crippen molar-refractivity contribution in [2.24, 2.45) is 5.84 Å². The highest BCUT2D eigenvalue weighted by Gasteiger charge is 2.18. The molecule has 0 aliphatic heterocycles. The third kappa shape index (κ3) is 2.70. The predicted octanol–water partition coefficient (Wildman–Crippen LogP) is 1.55. The average Bonchev–Trinajstić information content (AvgIpc) is 2.27. The number of benzene rings is 1. The van der Waals surface area contributed by atoms with E-state index in [4.69, 9.17) is 10.6 Å². The van der Waals surface area contributed by atoms with Crippen molar-refractivity contribution < 1.29 is 9.53 Å². The second-order valence-electron chi connectivity index (χ2n) is 3.12. The average molecular weight is 273 g/mol. The van der Waals surface area contributed by atoms with Gasteiger partial charge < -0.3 is 4.74 Å². The Hall–Kier alpha value is -1.07. The van der Waals surface area contributed by atoms with Gasteiger partial charge in [0.1, 0.15) is 5.75 Å². The fourth-order valence-electron chi connectivity index (χ4n) is 1.31. The van der Waals surface area contributed by atoms with Crippen LogP contribution in [0.25, 0.3) is 0 Å². The monoisotopic (exact) mass is 272 g/mol. The van der Waals surface area contributed by atoms with E-state index in [1.54, 1.807) is 20.1 Å². The molecule has 0 aliphatic carbocycles. The number of nitrogens with one attached hydrogen (secondary N) is 1. The summed E-state index contributed by atoms with van der Waals surface area (Å²) < 4.78 is 6.07. The van der Waals surface area contributed by atoms with Gasteiger partial charge in [-0.05, 0) is 25.1 Å². The third-order valence-electron chi connectivity index (χ3n) is 2.19. The van der Waals surface area contributed by atoms with Gasteiger partial charge in [-0.2, -0.15) is 0 Å². The molecule has 1 aromatic rings. The van der Waals surface area contributed by atoms with Gasteiger partial charge in [0, 0.05) is 10.0 Å². The van der Waals surface area contributed by atoms with Crippen LogP contribution >= 0.6 is 15.9 Å². The minimum absolute atomic E-state index is 0.244. The Kier molecular flexibility index (Phi) is 4.11. The zero-order valence-corrected chi connectivity index (χ0v) is 10.2. The minimum Gasteiger partial charge on any atom is -0.496 e. The van der Waals surface area contributed by atoms with E-state index in [1.165, 1.54) is 0 Å². The Balaban J connectivity index is 3.10. The second-order valence-corrected chi connectivity index (χ2v) is 4.03. The molecule has 0 radical (unpaired) electrons. The van der Waals surface area contributed by atoms with Crippen LogP contribution in [0.5, 0.6) is 5.75 Å². The first kappa shape index (κ1) is 12.0. The molecule has 0 fully saturated rings. The fourth-order valence-corrected chi connectivity index (χ4v) is 1.69. The first-order chi connectivity index (χ1) is 7.10. The Bertz CT molecular complexity index is 368. The van der Waals surface area contributed by atoms with Crippen LogP contribution < -0.4 is 16.0 Å². The summed E-state index contributed by atoms with van der Waals surface area (Å²) in [6.07, 6.45) is 0. The first-order valence-electron chi connectivity index (χ1n) is 4.44. The molecule has 82 valence electrons. The maximum atomic E-state index is 11.4. The molecule has 0 aromatic heterocycles. The van der Waals surface area contributed by atoms with Crippen molar-refractivity contribution in [1.29, 1.82) is 0 Å². The van der Waals surface area contributed by atoms with Crippen LogP contribution in [0.2, 0.25) is 0 Å². The van der Waals surface area contributed by atoms with Gasteiger partial charge in [0.2, 0.25) is 5.91 Å². The van der Waals surface area contributed by atoms with Crippen molar-refractivity contribution in [3.63, 3.8) is 0 Å². The van der Waals surface area contributed by atoms with Gasteiger partial charge in [-0.3, -0.25) is 10.2 Å². The van der Waals surface area contributed by atoms with Crippen molar-refractivity contribution >= 4 is 21.8 Å². The second kappa shape index (κ2) is 5.14. The minimum atomic E-state index is -0.345. The van der Waals surface area contributed by atoms with E-state index in [1.807, 2.05) is 12.1 Å². The Morgan fingerprint density at radius 3 is 2.80 bits per heavy atom. The van der Waals surface area contributed by atoms with Crippen molar-refractivity contribution in [1.82, 2.24) is 5.43 Å². The number of ether oxygens (including phenoxy) is 1.